The number of nitrogens with zero attached hydrogens (tertiary/aromatic N) is 1. The fourth-order valence-corrected chi connectivity index (χ4v) is 2.55. The molecule has 1 N–H and O–H groups in total. The number of hydrogen-bond donors (Lipinski definition) is 1. The van der Waals surface area contributed by atoms with Crippen LogP contribution < -0.4 is 10.2 Å². The molecule has 0 unspecified atom stereocenters. The van der Waals surface area contributed by atoms with Crippen molar-refractivity contribution in [3.63, 3.8) is 0 Å². The van der Waals surface area contributed by atoms with Crippen molar-refractivity contribution in [2.45, 2.75) is 19.8 Å². The first kappa shape index (κ1) is 15.3. The van der Waals surface area contributed by atoms with E-state index in [0.717, 1.165) is 21.9 Å². The van der Waals surface area contributed by atoms with E-state index in [-0.39, 0.29) is 5.91 Å². The molecule has 0 fully saturated rings. The van der Waals surface area contributed by atoms with Crippen molar-refractivity contribution in [1.29, 1.82) is 0 Å². The van der Waals surface area contributed by atoms with Crippen LogP contribution in [0.4, 0.5) is 0 Å². The average Bonchev–Trinajstić information content (AvgIpc) is 2.99. The maximum atomic E-state index is 11.7. The number of thiophene rings is 1. The van der Waals surface area contributed by atoms with Gasteiger partial charge < -0.3 is 4.74 Å². The van der Waals surface area contributed by atoms with Crippen LogP contribution in [-0.2, 0) is 17.6 Å². The van der Waals surface area contributed by atoms with E-state index in [2.05, 4.69) is 10.5 Å². The van der Waals surface area contributed by atoms with Gasteiger partial charge in [-0.1, -0.05) is 18.2 Å². The zero-order valence-electron chi connectivity index (χ0n) is 12.1. The zero-order valence-corrected chi connectivity index (χ0v) is 12.9. The van der Waals surface area contributed by atoms with E-state index in [9.17, 15) is 4.79 Å². The van der Waals surface area contributed by atoms with E-state index < -0.39 is 0 Å². The minimum absolute atomic E-state index is 0.0912. The highest BCUT2D eigenvalue weighted by Crippen LogP contribution is 2.12. The maximum Gasteiger partial charge on any atom is 0.245 e. The molecule has 21 heavy (non-hydrogen) atoms. The fourth-order valence-electron chi connectivity index (χ4n) is 1.85. The number of hydrazone groups is 1. The highest BCUT2D eigenvalue weighted by molar-refractivity contribution is 7.10. The molecule has 0 spiro atoms. The van der Waals surface area contributed by atoms with E-state index in [4.69, 9.17) is 4.74 Å². The topological polar surface area (TPSA) is 50.7 Å². The third kappa shape index (κ3) is 5.04. The van der Waals surface area contributed by atoms with Crippen LogP contribution in [0.15, 0.2) is 46.9 Å². The summed E-state index contributed by atoms with van der Waals surface area (Å²) in [6.45, 7) is 1.90. The lowest BCUT2D eigenvalue weighted by Crippen LogP contribution is -2.21. The molecular weight excluding hydrogens is 284 g/mol. The molecule has 4 nitrogen and oxygen atoms in total. The molecule has 110 valence electrons. The van der Waals surface area contributed by atoms with Crippen molar-refractivity contribution in [1.82, 2.24) is 5.43 Å². The molecule has 1 aromatic heterocycles. The maximum absolute atomic E-state index is 11.7. The van der Waals surface area contributed by atoms with Crippen molar-refractivity contribution in [3.8, 4) is 5.75 Å². The molecule has 2 aromatic rings. The van der Waals surface area contributed by atoms with Gasteiger partial charge in [0, 0.05) is 17.0 Å². The van der Waals surface area contributed by atoms with Gasteiger partial charge >= 0.3 is 0 Å². The molecular formula is C16H18N2O2S. The minimum atomic E-state index is -0.0912. The monoisotopic (exact) mass is 302 g/mol. The van der Waals surface area contributed by atoms with E-state index >= 15 is 0 Å². The first-order chi connectivity index (χ1) is 10.2. The van der Waals surface area contributed by atoms with Gasteiger partial charge in [-0.15, -0.1) is 11.3 Å². The normalized spacial score (nSPS) is 11.2. The van der Waals surface area contributed by atoms with Gasteiger partial charge in [0.05, 0.1) is 13.5 Å². The Morgan fingerprint density at radius 3 is 2.62 bits per heavy atom. The van der Waals surface area contributed by atoms with Crippen molar-refractivity contribution < 1.29 is 9.53 Å². The lowest BCUT2D eigenvalue weighted by atomic mass is 10.1. The van der Waals surface area contributed by atoms with Crippen molar-refractivity contribution >= 4 is 23.0 Å². The molecule has 0 saturated carbocycles. The Bertz CT molecular complexity index is 604. The van der Waals surface area contributed by atoms with Gasteiger partial charge in [0.1, 0.15) is 5.75 Å². The van der Waals surface area contributed by atoms with E-state index in [1.165, 1.54) is 0 Å². The lowest BCUT2D eigenvalue weighted by molar-refractivity contribution is -0.120. The quantitative estimate of drug-likeness (QED) is 0.658. The Hall–Kier alpha value is -2.14. The summed E-state index contributed by atoms with van der Waals surface area (Å²) in [6, 6.07) is 11.7. The summed E-state index contributed by atoms with van der Waals surface area (Å²) in [5.74, 6) is 0.740. The number of ether oxygens (including phenoxy) is 1. The van der Waals surface area contributed by atoms with Gasteiger partial charge in [-0.25, -0.2) is 5.43 Å². The van der Waals surface area contributed by atoms with Gasteiger partial charge in [0.15, 0.2) is 0 Å². The lowest BCUT2D eigenvalue weighted by Gasteiger charge is -2.04. The third-order valence-corrected chi connectivity index (χ3v) is 3.78. The summed E-state index contributed by atoms with van der Waals surface area (Å²) in [5.41, 5.74) is 4.58. The van der Waals surface area contributed by atoms with Crippen LogP contribution in [0.3, 0.4) is 0 Å². The van der Waals surface area contributed by atoms with Crippen LogP contribution in [0.5, 0.6) is 5.75 Å². The van der Waals surface area contributed by atoms with Gasteiger partial charge in [-0.05, 0) is 36.1 Å². The molecule has 1 amide bonds. The molecule has 0 radical (unpaired) electrons. The summed E-state index contributed by atoms with van der Waals surface area (Å²) < 4.78 is 5.12. The molecule has 0 saturated heterocycles. The Labute approximate surface area is 128 Å². The van der Waals surface area contributed by atoms with Crippen LogP contribution in [0, 0.1) is 0 Å². The molecule has 1 heterocycles. The van der Waals surface area contributed by atoms with E-state index in [1.807, 2.05) is 48.7 Å². The predicted octanol–water partition coefficient (Wildman–Crippen LogP) is 3.03. The highest BCUT2D eigenvalue weighted by Gasteiger charge is 2.03. The third-order valence-electron chi connectivity index (χ3n) is 2.91. The summed E-state index contributed by atoms with van der Waals surface area (Å²) >= 11 is 1.57. The molecule has 0 aliphatic rings. The van der Waals surface area contributed by atoms with Crippen LogP contribution in [0.1, 0.15) is 17.4 Å². The zero-order chi connectivity index (χ0) is 15.1. The molecule has 2 rings (SSSR count). The molecule has 0 atom stereocenters. The number of hydrogen-bond acceptors (Lipinski definition) is 4. The van der Waals surface area contributed by atoms with E-state index in [0.29, 0.717) is 12.8 Å². The number of nitrogens with one attached hydrogen (secondary N) is 1. The number of benzene rings is 1. The molecule has 1 aromatic carbocycles. The van der Waals surface area contributed by atoms with Crippen LogP contribution in [-0.4, -0.2) is 18.7 Å². The van der Waals surface area contributed by atoms with Crippen molar-refractivity contribution in [2.75, 3.05) is 7.11 Å². The predicted molar refractivity (Wildman–Crippen MR) is 86.0 cm³/mol. The number of rotatable bonds is 6. The summed E-state index contributed by atoms with van der Waals surface area (Å²) in [7, 11) is 1.64. The summed E-state index contributed by atoms with van der Waals surface area (Å²) in [4.78, 5) is 12.8. The molecule has 0 aliphatic carbocycles. The minimum Gasteiger partial charge on any atom is -0.497 e. The van der Waals surface area contributed by atoms with Gasteiger partial charge in [0.2, 0.25) is 5.91 Å². The largest absolute Gasteiger partial charge is 0.497 e. The summed E-state index contributed by atoms with van der Waals surface area (Å²) in [6.07, 6.45) is 1.07. The van der Waals surface area contributed by atoms with Gasteiger partial charge in [-0.2, -0.15) is 5.10 Å². The highest BCUT2D eigenvalue weighted by atomic mass is 32.1. The second-order valence-electron chi connectivity index (χ2n) is 4.66. The van der Waals surface area contributed by atoms with Gasteiger partial charge in [-0.3, -0.25) is 4.79 Å². The number of amides is 1. The Morgan fingerprint density at radius 2 is 2.00 bits per heavy atom. The SMILES string of the molecule is COc1ccc(CC(C)=NNC(=O)Cc2cccs2)cc1. The smallest absolute Gasteiger partial charge is 0.245 e. The molecule has 0 aliphatic heterocycles. The second-order valence-corrected chi connectivity index (χ2v) is 5.70. The van der Waals surface area contributed by atoms with Crippen LogP contribution >= 0.6 is 11.3 Å². The first-order valence-corrected chi connectivity index (χ1v) is 7.52. The second kappa shape index (κ2) is 7.59. The van der Waals surface area contributed by atoms with Crippen molar-refractivity contribution in [3.05, 3.63) is 52.2 Å². The number of carbonyl (C=O) groups is 1. The van der Waals surface area contributed by atoms with Crippen molar-refractivity contribution in [2.24, 2.45) is 5.10 Å². The first-order valence-electron chi connectivity index (χ1n) is 6.64. The number of methoxy groups -OCH3 is 1. The molecule has 0 bridgehead atoms. The number of carbonyl (C=O) groups excluding carboxylic acids is 1. The van der Waals surface area contributed by atoms with Gasteiger partial charge in [0.25, 0.3) is 0 Å². The Kier molecular flexibility index (Phi) is 5.51. The average molecular weight is 302 g/mol. The van der Waals surface area contributed by atoms with Crippen LogP contribution in [0.25, 0.3) is 0 Å². The summed E-state index contributed by atoms with van der Waals surface area (Å²) in [5, 5.41) is 6.09. The molecule has 5 heteroatoms. The standard InChI is InChI=1S/C16H18N2O2S/c1-12(10-13-5-7-14(20-2)8-6-13)17-18-16(19)11-15-4-3-9-21-15/h3-9H,10-11H2,1-2H3,(H,18,19). The fraction of sp³-hybridized carbons (Fsp3) is 0.250. The Morgan fingerprint density at radius 1 is 1.24 bits per heavy atom. The van der Waals surface area contributed by atoms with E-state index in [1.54, 1.807) is 18.4 Å². The Balaban J connectivity index is 1.84. The van der Waals surface area contributed by atoms with Crippen LogP contribution in [0.2, 0.25) is 0 Å².